The van der Waals surface area contributed by atoms with E-state index in [1.807, 2.05) is 0 Å². The van der Waals surface area contributed by atoms with Gasteiger partial charge in [0.2, 0.25) is 15.7 Å². The van der Waals surface area contributed by atoms with Crippen LogP contribution < -0.4 is 10.6 Å². The summed E-state index contributed by atoms with van der Waals surface area (Å²) in [7, 11) is -4.07. The first-order chi connectivity index (χ1) is 16.8. The maximum absolute atomic E-state index is 15.1. The van der Waals surface area contributed by atoms with Crippen LogP contribution in [0.3, 0.4) is 0 Å². The molecule has 184 valence electrons. The van der Waals surface area contributed by atoms with Crippen LogP contribution in [0.25, 0.3) is 0 Å². The Bertz CT molecular complexity index is 1350. The molecule has 1 aliphatic carbocycles. The summed E-state index contributed by atoms with van der Waals surface area (Å²) in [6.07, 6.45) is 3.58. The molecule has 3 aromatic rings. The van der Waals surface area contributed by atoms with Gasteiger partial charge in [0.05, 0.1) is 29.3 Å². The minimum absolute atomic E-state index is 0.0260. The first-order valence-corrected chi connectivity index (χ1v) is 13.6. The molecular weight excluding hydrogens is 491 g/mol. The third kappa shape index (κ3) is 5.23. The van der Waals surface area contributed by atoms with Crippen LogP contribution in [0, 0.1) is 5.82 Å². The second kappa shape index (κ2) is 10.6. The number of aryl methyl sites for hydroxylation is 1. The second-order valence-corrected chi connectivity index (χ2v) is 11.0. The van der Waals surface area contributed by atoms with Gasteiger partial charge in [-0.25, -0.2) is 17.6 Å². The highest BCUT2D eigenvalue weighted by molar-refractivity contribution is 7.91. The van der Waals surface area contributed by atoms with E-state index in [4.69, 9.17) is 4.74 Å². The van der Waals surface area contributed by atoms with E-state index in [9.17, 15) is 18.0 Å². The number of hydrogen-bond acceptors (Lipinski definition) is 7. The maximum Gasteiger partial charge on any atom is 0.341 e. The summed E-state index contributed by atoms with van der Waals surface area (Å²) in [6, 6.07) is 11.5. The van der Waals surface area contributed by atoms with E-state index in [-0.39, 0.29) is 23.7 Å². The molecule has 0 fully saturated rings. The molecule has 1 aliphatic rings. The summed E-state index contributed by atoms with van der Waals surface area (Å²) < 4.78 is 46.0. The highest BCUT2D eigenvalue weighted by Crippen LogP contribution is 2.38. The minimum atomic E-state index is -4.07. The molecule has 0 bridgehead atoms. The molecule has 35 heavy (non-hydrogen) atoms. The summed E-state index contributed by atoms with van der Waals surface area (Å²) >= 11 is 1.36. The van der Waals surface area contributed by atoms with Crippen LogP contribution >= 0.6 is 11.3 Å². The fraction of sp³-hybridized carbons (Fsp3) is 0.280. The zero-order valence-corrected chi connectivity index (χ0v) is 20.7. The number of hydrogen-bond donors (Lipinski definition) is 2. The smallest absolute Gasteiger partial charge is 0.341 e. The van der Waals surface area contributed by atoms with E-state index in [0.29, 0.717) is 10.6 Å². The summed E-state index contributed by atoms with van der Waals surface area (Å²) in [4.78, 5) is 25.8. The van der Waals surface area contributed by atoms with E-state index < -0.39 is 32.4 Å². The molecule has 0 saturated carbocycles. The number of anilines is 2. The Labute approximate surface area is 207 Å². The SMILES string of the molecule is CCOC(=O)c1c(NC(=O)CNc2cccc(S(=O)(=O)c3ccccc3)c2F)sc2c1CCCC2. The predicted molar refractivity (Wildman–Crippen MR) is 132 cm³/mol. The molecule has 10 heteroatoms. The number of ether oxygens (including phenoxy) is 1. The number of carbonyl (C=O) groups excluding carboxylic acids is 2. The van der Waals surface area contributed by atoms with Gasteiger partial charge in [0.15, 0.2) is 5.82 Å². The first kappa shape index (κ1) is 24.9. The molecule has 1 aromatic heterocycles. The molecule has 0 unspecified atom stereocenters. The average molecular weight is 517 g/mol. The van der Waals surface area contributed by atoms with Crippen LogP contribution in [-0.4, -0.2) is 33.4 Å². The molecule has 2 N–H and O–H groups in total. The van der Waals surface area contributed by atoms with Crippen LogP contribution in [-0.2, 0) is 32.2 Å². The lowest BCUT2D eigenvalue weighted by molar-refractivity contribution is -0.114. The number of rotatable bonds is 8. The lowest BCUT2D eigenvalue weighted by Gasteiger charge is -2.13. The zero-order chi connectivity index (χ0) is 25.0. The largest absolute Gasteiger partial charge is 0.462 e. The lowest BCUT2D eigenvalue weighted by Crippen LogP contribution is -2.23. The molecule has 2 aromatic carbocycles. The number of thiophene rings is 1. The topological polar surface area (TPSA) is 102 Å². The van der Waals surface area contributed by atoms with E-state index in [2.05, 4.69) is 10.6 Å². The third-order valence-corrected chi connectivity index (χ3v) is 8.64. The second-order valence-electron chi connectivity index (χ2n) is 7.97. The van der Waals surface area contributed by atoms with Crippen LogP contribution in [0.4, 0.5) is 15.1 Å². The normalized spacial score (nSPS) is 13.1. The number of esters is 1. The standard InChI is InChI=1S/C25H25FN2O5S2/c1-2-33-25(30)22-17-11-6-7-13-19(17)34-24(22)28-21(29)15-27-18-12-8-14-20(23(18)26)35(31,32)16-9-4-3-5-10-16/h3-5,8-10,12,14,27H,2,6-7,11,13,15H2,1H3,(H,28,29). The van der Waals surface area contributed by atoms with Gasteiger partial charge in [0.1, 0.15) is 9.90 Å². The van der Waals surface area contributed by atoms with Crippen LogP contribution in [0.5, 0.6) is 0 Å². The first-order valence-electron chi connectivity index (χ1n) is 11.3. The van der Waals surface area contributed by atoms with Crippen molar-refractivity contribution in [3.63, 3.8) is 0 Å². The van der Waals surface area contributed by atoms with Crippen molar-refractivity contribution in [2.75, 3.05) is 23.8 Å². The molecule has 0 radical (unpaired) electrons. The van der Waals surface area contributed by atoms with Crippen LogP contribution in [0.1, 0.15) is 40.6 Å². The molecule has 0 saturated heterocycles. The highest BCUT2D eigenvalue weighted by atomic mass is 32.2. The van der Waals surface area contributed by atoms with Gasteiger partial charge in [0, 0.05) is 4.88 Å². The van der Waals surface area contributed by atoms with Gasteiger partial charge < -0.3 is 15.4 Å². The van der Waals surface area contributed by atoms with Gasteiger partial charge in [-0.15, -0.1) is 11.3 Å². The molecule has 1 amide bonds. The quantitative estimate of drug-likeness (QED) is 0.416. The molecule has 0 aliphatic heterocycles. The Hall–Kier alpha value is -3.24. The molecule has 1 heterocycles. The molecule has 7 nitrogen and oxygen atoms in total. The minimum Gasteiger partial charge on any atom is -0.462 e. The van der Waals surface area contributed by atoms with Gasteiger partial charge in [-0.3, -0.25) is 4.79 Å². The van der Waals surface area contributed by atoms with Gasteiger partial charge in [-0.2, -0.15) is 0 Å². The number of nitrogens with one attached hydrogen (secondary N) is 2. The van der Waals surface area contributed by atoms with E-state index in [1.165, 1.54) is 41.7 Å². The van der Waals surface area contributed by atoms with Gasteiger partial charge in [0.25, 0.3) is 0 Å². The Kier molecular flexibility index (Phi) is 7.51. The molecule has 4 rings (SSSR count). The number of amides is 1. The maximum atomic E-state index is 15.1. The number of carbonyl (C=O) groups is 2. The van der Waals surface area contributed by atoms with E-state index in [0.717, 1.165) is 36.1 Å². The summed E-state index contributed by atoms with van der Waals surface area (Å²) in [6.45, 7) is 1.62. The molecule has 0 atom stereocenters. The van der Waals surface area contributed by atoms with E-state index in [1.54, 1.807) is 25.1 Å². The number of halogens is 1. The number of benzene rings is 2. The Balaban J connectivity index is 1.51. The summed E-state index contributed by atoms with van der Waals surface area (Å²) in [5.41, 5.74) is 1.20. The van der Waals surface area contributed by atoms with E-state index >= 15 is 4.39 Å². The summed E-state index contributed by atoms with van der Waals surface area (Å²) in [5.74, 6) is -1.94. The zero-order valence-electron chi connectivity index (χ0n) is 19.1. The van der Waals surface area contributed by atoms with Crippen molar-refractivity contribution in [3.8, 4) is 0 Å². The fourth-order valence-corrected chi connectivity index (χ4v) is 6.67. The molecular formula is C25H25FN2O5S2. The van der Waals surface area contributed by atoms with Crippen molar-refractivity contribution >= 4 is 43.7 Å². The Morgan fingerprint density at radius 1 is 1.06 bits per heavy atom. The average Bonchev–Trinajstić information content (AvgIpc) is 3.21. The number of sulfone groups is 1. The van der Waals surface area contributed by atoms with Crippen molar-refractivity contribution in [2.24, 2.45) is 0 Å². The van der Waals surface area contributed by atoms with Crippen molar-refractivity contribution in [3.05, 3.63) is 70.4 Å². The Morgan fingerprint density at radius 3 is 2.54 bits per heavy atom. The molecule has 0 spiro atoms. The van der Waals surface area contributed by atoms with Crippen molar-refractivity contribution in [1.29, 1.82) is 0 Å². The van der Waals surface area contributed by atoms with Gasteiger partial charge in [-0.05, 0) is 62.4 Å². The van der Waals surface area contributed by atoms with Crippen LogP contribution in [0.15, 0.2) is 58.3 Å². The van der Waals surface area contributed by atoms with Gasteiger partial charge >= 0.3 is 5.97 Å². The number of fused-ring (bicyclic) bond motifs is 1. The van der Waals surface area contributed by atoms with Crippen molar-refractivity contribution < 1.29 is 27.1 Å². The predicted octanol–water partition coefficient (Wildman–Crippen LogP) is 4.83. The Morgan fingerprint density at radius 2 is 1.80 bits per heavy atom. The fourth-order valence-electron chi connectivity index (χ4n) is 4.00. The van der Waals surface area contributed by atoms with Crippen LogP contribution in [0.2, 0.25) is 0 Å². The third-order valence-electron chi connectivity index (χ3n) is 5.65. The lowest BCUT2D eigenvalue weighted by atomic mass is 9.95. The van der Waals surface area contributed by atoms with Gasteiger partial charge in [-0.1, -0.05) is 24.3 Å². The summed E-state index contributed by atoms with van der Waals surface area (Å²) in [5, 5.41) is 5.83. The van der Waals surface area contributed by atoms with Crippen molar-refractivity contribution in [1.82, 2.24) is 0 Å². The van der Waals surface area contributed by atoms with Crippen molar-refractivity contribution in [2.45, 2.75) is 42.4 Å². The highest BCUT2D eigenvalue weighted by Gasteiger charge is 2.27. The monoisotopic (exact) mass is 516 g/mol.